The molecule has 0 aromatic carbocycles. The Kier molecular flexibility index (Phi) is 2.42. The molecule has 68 valence electrons. The molecule has 0 radical (unpaired) electrons. The third kappa shape index (κ3) is 1.79. The number of hydrogen-bond acceptors (Lipinski definition) is 3. The van der Waals surface area contributed by atoms with Crippen LogP contribution in [0.15, 0.2) is 10.6 Å². The minimum Gasteiger partial charge on any atom is -0.355 e. The molecule has 5 heteroatoms. The highest BCUT2D eigenvalue weighted by atomic mass is 19.3. The lowest BCUT2D eigenvalue weighted by molar-refractivity contribution is -0.0362. The van der Waals surface area contributed by atoms with E-state index in [4.69, 9.17) is 5.73 Å². The zero-order chi connectivity index (χ0) is 9.19. The molecule has 0 spiro atoms. The van der Waals surface area contributed by atoms with Crippen LogP contribution in [0.25, 0.3) is 0 Å². The first kappa shape index (κ1) is 9.12. The van der Waals surface area contributed by atoms with Gasteiger partial charge in [-0.3, -0.25) is 0 Å². The normalized spacial score (nSPS) is 12.0. The maximum Gasteiger partial charge on any atom is 0.308 e. The third-order valence-electron chi connectivity index (χ3n) is 1.45. The van der Waals surface area contributed by atoms with Crippen LogP contribution in [0.4, 0.5) is 8.78 Å². The van der Waals surface area contributed by atoms with Gasteiger partial charge in [0.1, 0.15) is 0 Å². The number of nitrogens with two attached hydrogens (primary N) is 1. The third-order valence-corrected chi connectivity index (χ3v) is 1.45. The number of aromatic nitrogens is 1. The number of rotatable bonds is 3. The molecule has 1 aromatic rings. The molecule has 0 amide bonds. The highest BCUT2D eigenvalue weighted by Crippen LogP contribution is 2.31. The van der Waals surface area contributed by atoms with Crippen LogP contribution in [-0.4, -0.2) is 11.7 Å². The molecule has 0 aliphatic heterocycles. The average molecular weight is 176 g/mol. The molecule has 2 N–H and O–H groups in total. The van der Waals surface area contributed by atoms with Crippen LogP contribution in [0.3, 0.4) is 0 Å². The van der Waals surface area contributed by atoms with Crippen molar-refractivity contribution in [3.05, 3.63) is 17.5 Å². The van der Waals surface area contributed by atoms with Gasteiger partial charge in [-0.1, -0.05) is 5.16 Å². The fraction of sp³-hybridized carbons (Fsp3) is 0.571. The van der Waals surface area contributed by atoms with E-state index >= 15 is 0 Å². The van der Waals surface area contributed by atoms with Crippen LogP contribution >= 0.6 is 0 Å². The van der Waals surface area contributed by atoms with Gasteiger partial charge in [-0.05, 0) is 13.5 Å². The second kappa shape index (κ2) is 3.18. The summed E-state index contributed by atoms with van der Waals surface area (Å²) in [7, 11) is 0. The Morgan fingerprint density at radius 3 is 2.75 bits per heavy atom. The monoisotopic (exact) mass is 176 g/mol. The van der Waals surface area contributed by atoms with Crippen LogP contribution in [0.5, 0.6) is 0 Å². The largest absolute Gasteiger partial charge is 0.355 e. The van der Waals surface area contributed by atoms with Crippen molar-refractivity contribution in [3.63, 3.8) is 0 Å². The maximum absolute atomic E-state index is 13.0. The topological polar surface area (TPSA) is 52.0 Å². The lowest BCUT2D eigenvalue weighted by atomic mass is 10.2. The Labute approximate surface area is 68.5 Å². The molecule has 1 rings (SSSR count). The van der Waals surface area contributed by atoms with E-state index in [1.54, 1.807) is 6.92 Å². The minimum atomic E-state index is -2.99. The number of nitrogens with zero attached hydrogens (tertiary/aromatic N) is 1. The number of aryl methyl sites for hydroxylation is 1. The first-order valence-corrected chi connectivity index (χ1v) is 3.58. The fourth-order valence-corrected chi connectivity index (χ4v) is 0.840. The van der Waals surface area contributed by atoms with Crippen molar-refractivity contribution < 1.29 is 13.3 Å². The Hall–Kier alpha value is -0.970. The van der Waals surface area contributed by atoms with Crippen LogP contribution in [-0.2, 0) is 5.92 Å². The predicted octanol–water partition coefficient (Wildman–Crippen LogP) is 1.42. The van der Waals surface area contributed by atoms with Gasteiger partial charge >= 0.3 is 5.92 Å². The van der Waals surface area contributed by atoms with Gasteiger partial charge in [-0.2, -0.15) is 8.78 Å². The molecule has 0 unspecified atom stereocenters. The second-order valence-corrected chi connectivity index (χ2v) is 2.58. The highest BCUT2D eigenvalue weighted by molar-refractivity contribution is 5.08. The summed E-state index contributed by atoms with van der Waals surface area (Å²) in [5.74, 6) is -3.40. The quantitative estimate of drug-likeness (QED) is 0.757. The van der Waals surface area contributed by atoms with Gasteiger partial charge in [0.05, 0.1) is 5.69 Å². The summed E-state index contributed by atoms with van der Waals surface area (Å²) in [6.07, 6.45) is -0.415. The van der Waals surface area contributed by atoms with E-state index in [1.165, 1.54) is 6.07 Å². The fourth-order valence-electron chi connectivity index (χ4n) is 0.840. The Bertz CT molecular complexity index is 260. The summed E-state index contributed by atoms with van der Waals surface area (Å²) in [5, 5.41) is 3.37. The van der Waals surface area contributed by atoms with E-state index in [0.29, 0.717) is 5.69 Å². The van der Waals surface area contributed by atoms with Crippen molar-refractivity contribution in [1.82, 2.24) is 5.16 Å². The van der Waals surface area contributed by atoms with Gasteiger partial charge in [-0.25, -0.2) is 0 Å². The van der Waals surface area contributed by atoms with Crippen LogP contribution in [0.2, 0.25) is 0 Å². The lowest BCUT2D eigenvalue weighted by Crippen LogP contribution is -2.17. The predicted molar refractivity (Wildman–Crippen MR) is 38.8 cm³/mol. The van der Waals surface area contributed by atoms with Gasteiger partial charge in [-0.15, -0.1) is 0 Å². The standard InChI is InChI=1S/C7H10F2N2O/c1-5-4-6(12-11-5)7(8,9)2-3-10/h4H,2-3,10H2,1H3. The van der Waals surface area contributed by atoms with Crippen molar-refractivity contribution in [1.29, 1.82) is 0 Å². The van der Waals surface area contributed by atoms with Crippen LogP contribution in [0, 0.1) is 6.92 Å². The summed E-state index contributed by atoms with van der Waals surface area (Å²) in [6.45, 7) is 1.51. The summed E-state index contributed by atoms with van der Waals surface area (Å²) in [6, 6.07) is 1.22. The summed E-state index contributed by atoms with van der Waals surface area (Å²) in [5.41, 5.74) is 5.46. The van der Waals surface area contributed by atoms with E-state index in [2.05, 4.69) is 9.68 Å². The number of hydrogen-bond donors (Lipinski definition) is 1. The summed E-state index contributed by atoms with van der Waals surface area (Å²) in [4.78, 5) is 0. The molecular weight excluding hydrogens is 166 g/mol. The second-order valence-electron chi connectivity index (χ2n) is 2.58. The van der Waals surface area contributed by atoms with Crippen molar-refractivity contribution in [2.75, 3.05) is 6.54 Å². The molecule has 0 atom stereocenters. The van der Waals surface area contributed by atoms with Gasteiger partial charge in [0.2, 0.25) is 5.76 Å². The number of halogens is 2. The Morgan fingerprint density at radius 1 is 1.67 bits per heavy atom. The molecule has 0 aliphatic carbocycles. The Morgan fingerprint density at radius 2 is 2.33 bits per heavy atom. The first-order valence-electron chi connectivity index (χ1n) is 3.58. The molecule has 3 nitrogen and oxygen atoms in total. The maximum atomic E-state index is 13.0. The molecule has 0 fully saturated rings. The van der Waals surface area contributed by atoms with E-state index < -0.39 is 18.1 Å². The molecule has 0 bridgehead atoms. The SMILES string of the molecule is Cc1cc(C(F)(F)CCN)on1. The van der Waals surface area contributed by atoms with E-state index in [9.17, 15) is 8.78 Å². The van der Waals surface area contributed by atoms with Gasteiger partial charge in [0, 0.05) is 12.5 Å². The van der Waals surface area contributed by atoms with Gasteiger partial charge in [0.25, 0.3) is 0 Å². The zero-order valence-corrected chi connectivity index (χ0v) is 6.68. The molecule has 1 heterocycles. The molecule has 1 aromatic heterocycles. The molecular formula is C7H10F2N2O. The van der Waals surface area contributed by atoms with E-state index in [0.717, 1.165) is 0 Å². The van der Waals surface area contributed by atoms with Gasteiger partial charge in [0.15, 0.2) is 0 Å². The first-order chi connectivity index (χ1) is 5.56. The smallest absolute Gasteiger partial charge is 0.308 e. The van der Waals surface area contributed by atoms with Crippen molar-refractivity contribution in [2.45, 2.75) is 19.3 Å². The molecule has 0 saturated heterocycles. The van der Waals surface area contributed by atoms with Crippen molar-refractivity contribution in [2.24, 2.45) is 5.73 Å². The van der Waals surface area contributed by atoms with E-state index in [1.807, 2.05) is 0 Å². The van der Waals surface area contributed by atoms with Crippen molar-refractivity contribution in [3.8, 4) is 0 Å². The van der Waals surface area contributed by atoms with Crippen molar-refractivity contribution >= 4 is 0 Å². The van der Waals surface area contributed by atoms with Crippen LogP contribution in [0.1, 0.15) is 17.9 Å². The minimum absolute atomic E-state index is 0.0766. The average Bonchev–Trinajstić information content (AvgIpc) is 2.36. The molecule has 0 saturated carbocycles. The molecule has 0 aliphatic rings. The molecule has 12 heavy (non-hydrogen) atoms. The zero-order valence-electron chi connectivity index (χ0n) is 6.68. The lowest BCUT2D eigenvalue weighted by Gasteiger charge is -2.09. The van der Waals surface area contributed by atoms with Crippen LogP contribution < -0.4 is 5.73 Å². The summed E-state index contributed by atoms with van der Waals surface area (Å²) >= 11 is 0. The highest BCUT2D eigenvalue weighted by Gasteiger charge is 2.34. The Balaban J connectivity index is 2.81. The van der Waals surface area contributed by atoms with Gasteiger partial charge < -0.3 is 10.3 Å². The number of alkyl halides is 2. The summed E-state index contributed by atoms with van der Waals surface area (Å²) < 4.78 is 30.3. The van der Waals surface area contributed by atoms with E-state index in [-0.39, 0.29) is 6.54 Å².